The Kier molecular flexibility index (Phi) is 5.48. The third-order valence-corrected chi connectivity index (χ3v) is 4.19. The number of nitrogens with one attached hydrogen (secondary N) is 1. The molecule has 21 heavy (non-hydrogen) atoms. The number of amides is 1. The van der Waals surface area contributed by atoms with Gasteiger partial charge in [-0.05, 0) is 43.9 Å². The van der Waals surface area contributed by atoms with Crippen LogP contribution >= 0.6 is 12.4 Å². The normalized spacial score (nSPS) is 20.7. The van der Waals surface area contributed by atoms with Crippen LogP contribution in [0.25, 0.3) is 0 Å². The molecule has 1 aliphatic carbocycles. The average molecular weight is 311 g/mol. The van der Waals surface area contributed by atoms with Crippen molar-refractivity contribution in [3.8, 4) is 5.75 Å². The molecule has 0 bridgehead atoms. The lowest BCUT2D eigenvalue weighted by molar-refractivity contribution is 0.0739. The van der Waals surface area contributed by atoms with Crippen molar-refractivity contribution in [3.63, 3.8) is 0 Å². The van der Waals surface area contributed by atoms with E-state index in [1.807, 2.05) is 36.2 Å². The second-order valence-electron chi connectivity index (χ2n) is 5.81. The summed E-state index contributed by atoms with van der Waals surface area (Å²) in [4.78, 5) is 14.5. The zero-order valence-corrected chi connectivity index (χ0v) is 13.2. The molecule has 2 aliphatic rings. The fourth-order valence-corrected chi connectivity index (χ4v) is 2.59. The maximum atomic E-state index is 12.6. The van der Waals surface area contributed by atoms with E-state index in [1.54, 1.807) is 0 Å². The number of para-hydroxylation sites is 1. The molecule has 0 radical (unpaired) electrons. The molecular weight excluding hydrogens is 288 g/mol. The second kappa shape index (κ2) is 7.14. The Bertz CT molecular complexity index is 485. The molecule has 1 saturated carbocycles. The first kappa shape index (κ1) is 16.1. The SMILES string of the molecule is CN(C(=O)c1ccccc1OCC1CC1)C1CCNC1.Cl. The quantitative estimate of drug-likeness (QED) is 0.907. The number of rotatable bonds is 5. The first-order valence-corrected chi connectivity index (χ1v) is 7.45. The minimum Gasteiger partial charge on any atom is -0.492 e. The Morgan fingerprint density at radius 1 is 1.33 bits per heavy atom. The van der Waals surface area contributed by atoms with Crippen molar-refractivity contribution < 1.29 is 9.53 Å². The fraction of sp³-hybridized carbons (Fsp3) is 0.562. The van der Waals surface area contributed by atoms with Crippen LogP contribution in [-0.2, 0) is 0 Å². The van der Waals surface area contributed by atoms with Crippen molar-refractivity contribution in [2.75, 3.05) is 26.7 Å². The molecule has 1 saturated heterocycles. The fourth-order valence-electron chi connectivity index (χ4n) is 2.59. The zero-order valence-electron chi connectivity index (χ0n) is 12.4. The first-order chi connectivity index (χ1) is 9.75. The van der Waals surface area contributed by atoms with Crippen molar-refractivity contribution in [1.82, 2.24) is 10.2 Å². The molecule has 4 nitrogen and oxygen atoms in total. The van der Waals surface area contributed by atoms with Crippen LogP contribution in [0.2, 0.25) is 0 Å². The van der Waals surface area contributed by atoms with Crippen LogP contribution in [0, 0.1) is 5.92 Å². The summed E-state index contributed by atoms with van der Waals surface area (Å²) in [7, 11) is 1.89. The van der Waals surface area contributed by atoms with Gasteiger partial charge in [0.25, 0.3) is 5.91 Å². The van der Waals surface area contributed by atoms with Gasteiger partial charge in [0.1, 0.15) is 5.75 Å². The summed E-state index contributed by atoms with van der Waals surface area (Å²) in [5.41, 5.74) is 0.683. The maximum Gasteiger partial charge on any atom is 0.257 e. The number of ether oxygens (including phenoxy) is 1. The lowest BCUT2D eigenvalue weighted by Crippen LogP contribution is -2.38. The highest BCUT2D eigenvalue weighted by Crippen LogP contribution is 2.30. The topological polar surface area (TPSA) is 41.6 Å². The van der Waals surface area contributed by atoms with E-state index in [1.165, 1.54) is 12.8 Å². The number of benzene rings is 1. The molecule has 1 atom stereocenters. The molecule has 1 heterocycles. The molecule has 1 unspecified atom stereocenters. The lowest BCUT2D eigenvalue weighted by Gasteiger charge is -2.24. The van der Waals surface area contributed by atoms with Gasteiger partial charge in [-0.2, -0.15) is 0 Å². The van der Waals surface area contributed by atoms with Crippen LogP contribution in [0.4, 0.5) is 0 Å². The third-order valence-electron chi connectivity index (χ3n) is 4.19. The van der Waals surface area contributed by atoms with E-state index in [9.17, 15) is 4.79 Å². The van der Waals surface area contributed by atoms with Gasteiger partial charge in [0, 0.05) is 19.6 Å². The summed E-state index contributed by atoms with van der Waals surface area (Å²) < 4.78 is 5.83. The smallest absolute Gasteiger partial charge is 0.257 e. The highest BCUT2D eigenvalue weighted by atomic mass is 35.5. The number of carbonyl (C=O) groups excluding carboxylic acids is 1. The lowest BCUT2D eigenvalue weighted by atomic mass is 10.1. The maximum absolute atomic E-state index is 12.6. The van der Waals surface area contributed by atoms with E-state index < -0.39 is 0 Å². The van der Waals surface area contributed by atoms with Gasteiger partial charge in [-0.25, -0.2) is 0 Å². The summed E-state index contributed by atoms with van der Waals surface area (Å²) in [5, 5.41) is 3.30. The van der Waals surface area contributed by atoms with Crippen LogP contribution in [-0.4, -0.2) is 43.6 Å². The Balaban J connectivity index is 0.00000161. The number of carbonyl (C=O) groups is 1. The van der Waals surface area contributed by atoms with E-state index in [2.05, 4.69) is 5.32 Å². The van der Waals surface area contributed by atoms with E-state index in [0.29, 0.717) is 17.5 Å². The van der Waals surface area contributed by atoms with Gasteiger partial charge < -0.3 is 15.0 Å². The summed E-state index contributed by atoms with van der Waals surface area (Å²) in [6.07, 6.45) is 3.53. The van der Waals surface area contributed by atoms with Crippen LogP contribution < -0.4 is 10.1 Å². The molecule has 1 amide bonds. The van der Waals surface area contributed by atoms with Gasteiger partial charge in [-0.1, -0.05) is 12.1 Å². The Morgan fingerprint density at radius 2 is 2.10 bits per heavy atom. The monoisotopic (exact) mass is 310 g/mol. The van der Waals surface area contributed by atoms with Crippen molar-refractivity contribution in [2.24, 2.45) is 5.92 Å². The summed E-state index contributed by atoms with van der Waals surface area (Å²) in [5.74, 6) is 1.47. The summed E-state index contributed by atoms with van der Waals surface area (Å²) in [6.45, 7) is 2.61. The number of nitrogens with zero attached hydrogens (tertiary/aromatic N) is 1. The molecule has 0 aromatic heterocycles. The predicted molar refractivity (Wildman–Crippen MR) is 85.3 cm³/mol. The van der Waals surface area contributed by atoms with Crippen molar-refractivity contribution in [3.05, 3.63) is 29.8 Å². The van der Waals surface area contributed by atoms with E-state index in [-0.39, 0.29) is 18.3 Å². The van der Waals surface area contributed by atoms with Gasteiger partial charge in [-0.15, -0.1) is 12.4 Å². The molecule has 3 rings (SSSR count). The number of halogens is 1. The van der Waals surface area contributed by atoms with Crippen LogP contribution in [0.1, 0.15) is 29.6 Å². The minimum absolute atomic E-state index is 0. The second-order valence-corrected chi connectivity index (χ2v) is 5.81. The molecular formula is C16H23ClN2O2. The molecule has 1 aromatic rings. The first-order valence-electron chi connectivity index (χ1n) is 7.45. The predicted octanol–water partition coefficient (Wildman–Crippen LogP) is 2.33. The van der Waals surface area contributed by atoms with Crippen molar-refractivity contribution >= 4 is 18.3 Å². The highest BCUT2D eigenvalue weighted by molar-refractivity contribution is 5.97. The molecule has 116 valence electrons. The Hall–Kier alpha value is -1.26. The molecule has 1 aromatic carbocycles. The number of likely N-dealkylation sites (N-methyl/N-ethyl adjacent to an activating group) is 1. The zero-order chi connectivity index (χ0) is 13.9. The van der Waals surface area contributed by atoms with Gasteiger partial charge >= 0.3 is 0 Å². The Labute approximate surface area is 132 Å². The van der Waals surface area contributed by atoms with Gasteiger partial charge in [-0.3, -0.25) is 4.79 Å². The summed E-state index contributed by atoms with van der Waals surface area (Å²) >= 11 is 0. The van der Waals surface area contributed by atoms with Crippen molar-refractivity contribution in [1.29, 1.82) is 0 Å². The third kappa shape index (κ3) is 3.89. The van der Waals surface area contributed by atoms with Crippen LogP contribution in [0.5, 0.6) is 5.75 Å². The van der Waals surface area contributed by atoms with Gasteiger partial charge in [0.2, 0.25) is 0 Å². The Morgan fingerprint density at radius 3 is 2.76 bits per heavy atom. The van der Waals surface area contributed by atoms with E-state index >= 15 is 0 Å². The van der Waals surface area contributed by atoms with Crippen molar-refractivity contribution in [2.45, 2.75) is 25.3 Å². The molecule has 0 spiro atoms. The summed E-state index contributed by atoms with van der Waals surface area (Å²) in [6, 6.07) is 7.88. The van der Waals surface area contributed by atoms with Crippen LogP contribution in [0.15, 0.2) is 24.3 Å². The van der Waals surface area contributed by atoms with E-state index in [4.69, 9.17) is 4.74 Å². The van der Waals surface area contributed by atoms with Crippen LogP contribution in [0.3, 0.4) is 0 Å². The van der Waals surface area contributed by atoms with Gasteiger partial charge in [0.05, 0.1) is 12.2 Å². The standard InChI is InChI=1S/C16H22N2O2.ClH/c1-18(13-8-9-17-10-13)16(19)14-4-2-3-5-15(14)20-11-12-6-7-12;/h2-5,12-13,17H,6-11H2,1H3;1H. The molecule has 5 heteroatoms. The van der Waals surface area contributed by atoms with E-state index in [0.717, 1.165) is 31.9 Å². The van der Waals surface area contributed by atoms with Gasteiger partial charge in [0.15, 0.2) is 0 Å². The number of hydrogen-bond acceptors (Lipinski definition) is 3. The molecule has 1 N–H and O–H groups in total. The molecule has 1 aliphatic heterocycles. The number of hydrogen-bond donors (Lipinski definition) is 1. The largest absolute Gasteiger partial charge is 0.492 e. The highest BCUT2D eigenvalue weighted by Gasteiger charge is 2.27. The molecule has 2 fully saturated rings. The minimum atomic E-state index is 0. The average Bonchev–Trinajstić information content (AvgIpc) is 3.15.